The standard InChI is InChI=1S/C15H22FN3O/c1-12-8-13(10-14(16)9-12)11-18-4-6-19(7-5-18)15(20)17(2)3/h8-10H,4-7,11H2,1-3H3. The predicted molar refractivity (Wildman–Crippen MR) is 77.1 cm³/mol. The SMILES string of the molecule is Cc1cc(F)cc(CN2CCN(C(=O)N(C)C)CC2)c1. The van der Waals surface area contributed by atoms with Crippen LogP contribution in [0.1, 0.15) is 11.1 Å². The summed E-state index contributed by atoms with van der Waals surface area (Å²) in [5.41, 5.74) is 1.94. The minimum absolute atomic E-state index is 0.0613. The molecule has 0 saturated carbocycles. The molecule has 0 aromatic heterocycles. The topological polar surface area (TPSA) is 26.8 Å². The number of hydrogen-bond acceptors (Lipinski definition) is 2. The van der Waals surface area contributed by atoms with Gasteiger partial charge in [-0.25, -0.2) is 9.18 Å². The quantitative estimate of drug-likeness (QED) is 0.827. The highest BCUT2D eigenvalue weighted by Gasteiger charge is 2.22. The Hall–Kier alpha value is -1.62. The number of piperazine rings is 1. The summed E-state index contributed by atoms with van der Waals surface area (Å²) in [4.78, 5) is 17.6. The Morgan fingerprint density at radius 3 is 2.40 bits per heavy atom. The van der Waals surface area contributed by atoms with E-state index in [9.17, 15) is 9.18 Å². The monoisotopic (exact) mass is 279 g/mol. The zero-order valence-electron chi connectivity index (χ0n) is 12.4. The van der Waals surface area contributed by atoms with Gasteiger partial charge in [-0.2, -0.15) is 0 Å². The molecule has 0 unspecified atom stereocenters. The van der Waals surface area contributed by atoms with E-state index in [0.717, 1.165) is 43.9 Å². The van der Waals surface area contributed by atoms with Crippen LogP contribution in [0.2, 0.25) is 0 Å². The molecule has 4 nitrogen and oxygen atoms in total. The lowest BCUT2D eigenvalue weighted by Crippen LogP contribution is -2.51. The smallest absolute Gasteiger partial charge is 0.319 e. The minimum Gasteiger partial charge on any atom is -0.331 e. The number of urea groups is 1. The molecule has 110 valence electrons. The van der Waals surface area contributed by atoms with E-state index in [0.29, 0.717) is 0 Å². The summed E-state index contributed by atoms with van der Waals surface area (Å²) in [5.74, 6) is -0.179. The minimum atomic E-state index is -0.179. The maximum Gasteiger partial charge on any atom is 0.319 e. The van der Waals surface area contributed by atoms with E-state index < -0.39 is 0 Å². The number of hydrogen-bond donors (Lipinski definition) is 0. The number of aryl methyl sites for hydroxylation is 1. The van der Waals surface area contributed by atoms with Crippen molar-refractivity contribution >= 4 is 6.03 Å². The summed E-state index contributed by atoms with van der Waals surface area (Å²) in [6.45, 7) is 5.75. The third-order valence-electron chi connectivity index (χ3n) is 3.53. The Bertz CT molecular complexity index is 462. The fourth-order valence-corrected chi connectivity index (χ4v) is 2.54. The highest BCUT2D eigenvalue weighted by Crippen LogP contribution is 2.13. The second-order valence-corrected chi connectivity index (χ2v) is 5.58. The molecule has 1 heterocycles. The van der Waals surface area contributed by atoms with Crippen LogP contribution in [-0.4, -0.2) is 61.0 Å². The number of halogens is 1. The van der Waals surface area contributed by atoms with Crippen LogP contribution in [0.4, 0.5) is 9.18 Å². The lowest BCUT2D eigenvalue weighted by molar-refractivity contribution is 0.120. The van der Waals surface area contributed by atoms with Gasteiger partial charge in [0.15, 0.2) is 0 Å². The van der Waals surface area contributed by atoms with Gasteiger partial charge in [-0.1, -0.05) is 6.07 Å². The van der Waals surface area contributed by atoms with Crippen LogP contribution in [0.25, 0.3) is 0 Å². The molecule has 0 aliphatic carbocycles. The Balaban J connectivity index is 1.90. The molecular formula is C15H22FN3O. The van der Waals surface area contributed by atoms with Crippen molar-refractivity contribution < 1.29 is 9.18 Å². The van der Waals surface area contributed by atoms with Crippen LogP contribution in [-0.2, 0) is 6.54 Å². The van der Waals surface area contributed by atoms with Gasteiger partial charge in [-0.05, 0) is 30.2 Å². The zero-order valence-corrected chi connectivity index (χ0v) is 12.4. The van der Waals surface area contributed by atoms with Crippen LogP contribution in [0, 0.1) is 12.7 Å². The first kappa shape index (κ1) is 14.8. The summed E-state index contributed by atoms with van der Waals surface area (Å²) in [6.07, 6.45) is 0. The molecule has 1 fully saturated rings. The van der Waals surface area contributed by atoms with Crippen LogP contribution < -0.4 is 0 Å². The van der Waals surface area contributed by atoms with Gasteiger partial charge in [0.1, 0.15) is 5.82 Å². The molecular weight excluding hydrogens is 257 g/mol. The fraction of sp³-hybridized carbons (Fsp3) is 0.533. The van der Waals surface area contributed by atoms with Crippen molar-refractivity contribution in [3.05, 3.63) is 35.1 Å². The molecule has 2 amide bonds. The number of nitrogens with zero attached hydrogens (tertiary/aromatic N) is 3. The molecule has 1 aliphatic heterocycles. The zero-order chi connectivity index (χ0) is 14.7. The largest absolute Gasteiger partial charge is 0.331 e. The van der Waals surface area contributed by atoms with Crippen LogP contribution in [0.3, 0.4) is 0 Å². The van der Waals surface area contributed by atoms with E-state index in [1.54, 1.807) is 25.1 Å². The Kier molecular flexibility index (Phi) is 4.60. The van der Waals surface area contributed by atoms with Crippen molar-refractivity contribution in [2.24, 2.45) is 0 Å². The maximum absolute atomic E-state index is 13.4. The van der Waals surface area contributed by atoms with Gasteiger partial charge in [-0.3, -0.25) is 4.90 Å². The Labute approximate surface area is 119 Å². The van der Waals surface area contributed by atoms with Gasteiger partial charge in [0, 0.05) is 46.8 Å². The highest BCUT2D eigenvalue weighted by molar-refractivity contribution is 5.73. The summed E-state index contributed by atoms with van der Waals surface area (Å²) in [5, 5.41) is 0. The van der Waals surface area contributed by atoms with E-state index in [2.05, 4.69) is 4.90 Å². The second-order valence-electron chi connectivity index (χ2n) is 5.58. The number of carbonyl (C=O) groups is 1. The van der Waals surface area contributed by atoms with Crippen molar-refractivity contribution in [2.45, 2.75) is 13.5 Å². The number of benzene rings is 1. The molecule has 0 bridgehead atoms. The molecule has 0 atom stereocenters. The summed E-state index contributed by atoms with van der Waals surface area (Å²) in [7, 11) is 3.54. The van der Waals surface area contributed by atoms with Crippen molar-refractivity contribution in [2.75, 3.05) is 40.3 Å². The fourth-order valence-electron chi connectivity index (χ4n) is 2.54. The van der Waals surface area contributed by atoms with Crippen molar-refractivity contribution in [1.82, 2.24) is 14.7 Å². The predicted octanol–water partition coefficient (Wildman–Crippen LogP) is 1.93. The summed E-state index contributed by atoms with van der Waals surface area (Å²) in [6, 6.07) is 5.20. The molecule has 20 heavy (non-hydrogen) atoms. The molecule has 0 spiro atoms. The first-order valence-electron chi connectivity index (χ1n) is 6.90. The molecule has 0 N–H and O–H groups in total. The van der Waals surface area contributed by atoms with Crippen LogP contribution in [0.15, 0.2) is 18.2 Å². The Morgan fingerprint density at radius 2 is 1.85 bits per heavy atom. The number of rotatable bonds is 2. The van der Waals surface area contributed by atoms with Gasteiger partial charge in [0.25, 0.3) is 0 Å². The first-order valence-corrected chi connectivity index (χ1v) is 6.90. The lowest BCUT2D eigenvalue weighted by Gasteiger charge is -2.36. The molecule has 5 heteroatoms. The van der Waals surface area contributed by atoms with E-state index in [1.165, 1.54) is 6.07 Å². The number of carbonyl (C=O) groups excluding carboxylic acids is 1. The number of amides is 2. The second kappa shape index (κ2) is 6.22. The molecule has 1 aromatic carbocycles. The van der Waals surface area contributed by atoms with Gasteiger partial charge in [0.2, 0.25) is 0 Å². The molecule has 2 rings (SSSR count). The average Bonchev–Trinajstić information content (AvgIpc) is 2.37. The maximum atomic E-state index is 13.4. The third-order valence-corrected chi connectivity index (χ3v) is 3.53. The van der Waals surface area contributed by atoms with E-state index in [1.807, 2.05) is 17.9 Å². The van der Waals surface area contributed by atoms with E-state index >= 15 is 0 Å². The van der Waals surface area contributed by atoms with Crippen molar-refractivity contribution in [1.29, 1.82) is 0 Å². The molecule has 1 aromatic rings. The summed E-state index contributed by atoms with van der Waals surface area (Å²) < 4.78 is 13.4. The lowest BCUT2D eigenvalue weighted by atomic mass is 10.1. The summed E-state index contributed by atoms with van der Waals surface area (Å²) >= 11 is 0. The average molecular weight is 279 g/mol. The molecule has 0 radical (unpaired) electrons. The van der Waals surface area contributed by atoms with Crippen LogP contribution >= 0.6 is 0 Å². The van der Waals surface area contributed by atoms with Crippen LogP contribution in [0.5, 0.6) is 0 Å². The normalized spacial score (nSPS) is 16.3. The molecule has 1 saturated heterocycles. The highest BCUT2D eigenvalue weighted by atomic mass is 19.1. The first-order chi connectivity index (χ1) is 9.45. The van der Waals surface area contributed by atoms with Crippen molar-refractivity contribution in [3.8, 4) is 0 Å². The van der Waals surface area contributed by atoms with Gasteiger partial charge in [0.05, 0.1) is 0 Å². The van der Waals surface area contributed by atoms with Crippen molar-refractivity contribution in [3.63, 3.8) is 0 Å². The molecule has 1 aliphatic rings. The third kappa shape index (κ3) is 3.70. The van der Waals surface area contributed by atoms with Gasteiger partial charge in [-0.15, -0.1) is 0 Å². The van der Waals surface area contributed by atoms with E-state index in [4.69, 9.17) is 0 Å². The van der Waals surface area contributed by atoms with Gasteiger partial charge < -0.3 is 9.80 Å². The van der Waals surface area contributed by atoms with E-state index in [-0.39, 0.29) is 11.8 Å². The van der Waals surface area contributed by atoms with Gasteiger partial charge >= 0.3 is 6.03 Å². The Morgan fingerprint density at radius 1 is 1.20 bits per heavy atom.